The van der Waals surface area contributed by atoms with Crippen molar-refractivity contribution in [1.29, 1.82) is 0 Å². The van der Waals surface area contributed by atoms with Gasteiger partial charge in [-0.25, -0.2) is 14.5 Å². The summed E-state index contributed by atoms with van der Waals surface area (Å²) in [5.74, 6) is -0.504. The van der Waals surface area contributed by atoms with E-state index in [1.807, 2.05) is 54.6 Å². The Bertz CT molecular complexity index is 1730. The van der Waals surface area contributed by atoms with Gasteiger partial charge in [-0.2, -0.15) is 5.10 Å². The molecule has 6 rings (SSSR count). The zero-order valence-corrected chi connectivity index (χ0v) is 18.8. The second kappa shape index (κ2) is 8.80. The van der Waals surface area contributed by atoms with Gasteiger partial charge in [0, 0.05) is 17.1 Å². The summed E-state index contributed by atoms with van der Waals surface area (Å²) in [5, 5.41) is 4.99. The van der Waals surface area contributed by atoms with E-state index < -0.39 is 11.8 Å². The Balaban J connectivity index is 1.28. The predicted octanol–water partition coefficient (Wildman–Crippen LogP) is 4.28. The average molecular weight is 474 g/mol. The highest BCUT2D eigenvalue weighted by molar-refractivity contribution is 6.08. The largest absolute Gasteiger partial charge is 0.463 e. The van der Waals surface area contributed by atoms with E-state index in [4.69, 9.17) is 4.42 Å². The van der Waals surface area contributed by atoms with Crippen LogP contribution in [0.4, 0.5) is 0 Å². The number of furan rings is 1. The van der Waals surface area contributed by atoms with E-state index in [-0.39, 0.29) is 5.56 Å². The quantitative estimate of drug-likeness (QED) is 0.369. The summed E-state index contributed by atoms with van der Waals surface area (Å²) in [6.07, 6.45) is 4.58. The maximum Gasteiger partial charge on any atom is 0.275 e. The molecule has 2 amide bonds. The molecular weight excluding hydrogens is 456 g/mol. The lowest BCUT2D eigenvalue weighted by Crippen LogP contribution is -2.41. The molecule has 0 saturated heterocycles. The van der Waals surface area contributed by atoms with Crippen LogP contribution in [0.5, 0.6) is 0 Å². The molecule has 0 saturated carbocycles. The highest BCUT2D eigenvalue weighted by Gasteiger charge is 2.19. The average Bonchev–Trinajstić information content (AvgIpc) is 3.62. The maximum atomic E-state index is 13.1. The van der Waals surface area contributed by atoms with Gasteiger partial charge in [-0.15, -0.1) is 0 Å². The number of nitrogens with one attached hydrogen (secondary N) is 2. The molecule has 2 N–H and O–H groups in total. The second-order valence-corrected chi connectivity index (χ2v) is 7.95. The van der Waals surface area contributed by atoms with Crippen molar-refractivity contribution < 1.29 is 14.0 Å². The number of rotatable bonds is 4. The monoisotopic (exact) mass is 474 g/mol. The molecule has 4 aromatic heterocycles. The van der Waals surface area contributed by atoms with Crippen LogP contribution in [0.2, 0.25) is 0 Å². The fraction of sp³-hybridized carbons (Fsp3) is 0. The standard InChI is InChI=1S/C27H18N6O3/c34-26(19-15-22(24-11-6-14-36-24)30-21-10-5-4-9-18(19)21)31-32-27(35)20-16-29-33-23(12-13-28-25(20)33)17-7-2-1-3-8-17/h1-16H,(H,31,34)(H,32,35). The third-order valence-electron chi connectivity index (χ3n) is 5.74. The second-order valence-electron chi connectivity index (χ2n) is 7.95. The number of carbonyl (C=O) groups is 2. The smallest absolute Gasteiger partial charge is 0.275 e. The molecule has 0 spiro atoms. The molecule has 9 nitrogen and oxygen atoms in total. The molecule has 174 valence electrons. The number of pyridine rings is 1. The van der Waals surface area contributed by atoms with Gasteiger partial charge in [0.1, 0.15) is 11.3 Å². The predicted molar refractivity (Wildman–Crippen MR) is 133 cm³/mol. The summed E-state index contributed by atoms with van der Waals surface area (Å²) in [6, 6.07) is 23.9. The first-order valence-corrected chi connectivity index (χ1v) is 11.1. The molecule has 0 aliphatic heterocycles. The van der Waals surface area contributed by atoms with Crippen molar-refractivity contribution in [2.24, 2.45) is 0 Å². The highest BCUT2D eigenvalue weighted by Crippen LogP contribution is 2.25. The third kappa shape index (κ3) is 3.74. The minimum absolute atomic E-state index is 0.226. The van der Waals surface area contributed by atoms with E-state index in [1.165, 1.54) is 6.20 Å². The van der Waals surface area contributed by atoms with Gasteiger partial charge >= 0.3 is 0 Å². The first kappa shape index (κ1) is 21.2. The van der Waals surface area contributed by atoms with Gasteiger partial charge in [-0.05, 0) is 30.3 Å². The molecule has 0 fully saturated rings. The van der Waals surface area contributed by atoms with Crippen LogP contribution >= 0.6 is 0 Å². The summed E-state index contributed by atoms with van der Waals surface area (Å²) in [4.78, 5) is 35.0. The number of fused-ring (bicyclic) bond motifs is 2. The van der Waals surface area contributed by atoms with Crippen molar-refractivity contribution in [3.8, 4) is 22.7 Å². The van der Waals surface area contributed by atoms with Gasteiger partial charge < -0.3 is 4.42 Å². The normalized spacial score (nSPS) is 11.0. The Morgan fingerprint density at radius 2 is 1.61 bits per heavy atom. The van der Waals surface area contributed by atoms with Crippen LogP contribution < -0.4 is 10.9 Å². The summed E-state index contributed by atoms with van der Waals surface area (Å²) >= 11 is 0. The number of carbonyl (C=O) groups excluding carboxylic acids is 2. The van der Waals surface area contributed by atoms with Crippen molar-refractivity contribution in [3.63, 3.8) is 0 Å². The number of para-hydroxylation sites is 1. The molecule has 2 aromatic carbocycles. The van der Waals surface area contributed by atoms with Gasteiger partial charge in [0.2, 0.25) is 0 Å². The Labute approximate surface area is 204 Å². The summed E-state index contributed by atoms with van der Waals surface area (Å²) in [6.45, 7) is 0. The number of benzene rings is 2. The first-order valence-electron chi connectivity index (χ1n) is 11.1. The van der Waals surface area contributed by atoms with Crippen LogP contribution in [0, 0.1) is 0 Å². The molecule has 0 bridgehead atoms. The molecule has 4 heterocycles. The molecular formula is C27H18N6O3. The van der Waals surface area contributed by atoms with Crippen LogP contribution in [-0.2, 0) is 0 Å². The van der Waals surface area contributed by atoms with Crippen LogP contribution in [0.25, 0.3) is 39.3 Å². The molecule has 0 atom stereocenters. The Kier molecular flexibility index (Phi) is 5.19. The lowest BCUT2D eigenvalue weighted by molar-refractivity contribution is 0.0848. The summed E-state index contributed by atoms with van der Waals surface area (Å²) < 4.78 is 7.05. The Morgan fingerprint density at radius 1 is 0.833 bits per heavy atom. The first-order chi connectivity index (χ1) is 17.7. The van der Waals surface area contributed by atoms with Gasteiger partial charge in [-0.1, -0.05) is 48.5 Å². The van der Waals surface area contributed by atoms with E-state index in [2.05, 4.69) is 25.9 Å². The number of hydrazine groups is 1. The van der Waals surface area contributed by atoms with Crippen LogP contribution in [0.3, 0.4) is 0 Å². The van der Waals surface area contributed by atoms with Crippen molar-refractivity contribution in [3.05, 3.63) is 109 Å². The molecule has 0 aliphatic rings. The van der Waals surface area contributed by atoms with E-state index in [1.54, 1.807) is 41.2 Å². The molecule has 0 unspecified atom stereocenters. The van der Waals surface area contributed by atoms with Gasteiger partial charge in [0.05, 0.1) is 29.2 Å². The molecule has 0 radical (unpaired) electrons. The Hall–Kier alpha value is -5.31. The number of nitrogens with zero attached hydrogens (tertiary/aromatic N) is 4. The van der Waals surface area contributed by atoms with Gasteiger partial charge in [-0.3, -0.25) is 20.4 Å². The zero-order chi connectivity index (χ0) is 24.5. The molecule has 0 aliphatic carbocycles. The summed E-state index contributed by atoms with van der Waals surface area (Å²) in [5.41, 5.74) is 8.78. The van der Waals surface area contributed by atoms with Gasteiger partial charge in [0.25, 0.3) is 11.8 Å². The van der Waals surface area contributed by atoms with E-state index >= 15 is 0 Å². The number of amides is 2. The number of hydrogen-bond acceptors (Lipinski definition) is 6. The number of hydrogen-bond donors (Lipinski definition) is 2. The minimum Gasteiger partial charge on any atom is -0.463 e. The van der Waals surface area contributed by atoms with Crippen LogP contribution in [0.1, 0.15) is 20.7 Å². The van der Waals surface area contributed by atoms with E-state index in [9.17, 15) is 9.59 Å². The van der Waals surface area contributed by atoms with Crippen molar-refractivity contribution >= 4 is 28.4 Å². The van der Waals surface area contributed by atoms with E-state index in [0.29, 0.717) is 33.6 Å². The summed E-state index contributed by atoms with van der Waals surface area (Å²) in [7, 11) is 0. The molecule has 6 aromatic rings. The maximum absolute atomic E-state index is 13.1. The zero-order valence-electron chi connectivity index (χ0n) is 18.8. The van der Waals surface area contributed by atoms with Crippen molar-refractivity contribution in [1.82, 2.24) is 30.4 Å². The van der Waals surface area contributed by atoms with Gasteiger partial charge in [0.15, 0.2) is 11.4 Å². The Morgan fingerprint density at radius 3 is 2.42 bits per heavy atom. The lowest BCUT2D eigenvalue weighted by atomic mass is 10.1. The van der Waals surface area contributed by atoms with Crippen LogP contribution in [-0.4, -0.2) is 31.4 Å². The van der Waals surface area contributed by atoms with E-state index in [0.717, 1.165) is 11.3 Å². The molecule has 36 heavy (non-hydrogen) atoms. The topological polar surface area (TPSA) is 114 Å². The van der Waals surface area contributed by atoms with Crippen molar-refractivity contribution in [2.75, 3.05) is 0 Å². The molecule has 9 heteroatoms. The fourth-order valence-electron chi connectivity index (χ4n) is 4.04. The highest BCUT2D eigenvalue weighted by atomic mass is 16.3. The van der Waals surface area contributed by atoms with Crippen LogP contribution in [0.15, 0.2) is 102 Å². The minimum atomic E-state index is -0.541. The van der Waals surface area contributed by atoms with Crippen molar-refractivity contribution in [2.45, 2.75) is 0 Å². The number of aromatic nitrogens is 4. The fourth-order valence-corrected chi connectivity index (χ4v) is 4.04. The lowest BCUT2D eigenvalue weighted by Gasteiger charge is -2.10. The SMILES string of the molecule is O=C(NNC(=O)c1cnn2c(-c3ccccc3)ccnc12)c1cc(-c2ccco2)nc2ccccc12. The third-order valence-corrected chi connectivity index (χ3v) is 5.74.